The number of rotatable bonds is 5. The van der Waals surface area contributed by atoms with E-state index < -0.39 is 5.54 Å². The SMILES string of the molecule is Cn1nc(N)c2ccc(-c3ccc(C4=NC5(CC5)C(=O)N4C[C@@H]4CCN(C(=O)C5CC5)C4)cc3)cc21. The van der Waals surface area contributed by atoms with Crippen molar-refractivity contribution in [3.8, 4) is 11.1 Å². The molecule has 184 valence electrons. The van der Waals surface area contributed by atoms with Crippen LogP contribution in [0.4, 0.5) is 5.82 Å². The number of carbonyl (C=O) groups is 2. The normalized spacial score (nSPS) is 22.6. The highest BCUT2D eigenvalue weighted by molar-refractivity contribution is 6.16. The number of hydrogen-bond donors (Lipinski definition) is 1. The topological polar surface area (TPSA) is 96.8 Å². The molecule has 3 heterocycles. The second kappa shape index (κ2) is 7.66. The van der Waals surface area contributed by atoms with Gasteiger partial charge in [0.1, 0.15) is 11.4 Å². The number of amidine groups is 1. The number of carbonyl (C=O) groups excluding carboxylic acids is 2. The van der Waals surface area contributed by atoms with E-state index in [0.29, 0.717) is 24.2 Å². The van der Waals surface area contributed by atoms with E-state index in [2.05, 4.69) is 41.5 Å². The van der Waals surface area contributed by atoms with Gasteiger partial charge in [-0.25, -0.2) is 0 Å². The number of nitrogen functional groups attached to an aromatic ring is 1. The number of fused-ring (bicyclic) bond motifs is 1. The molecule has 0 bridgehead atoms. The van der Waals surface area contributed by atoms with Gasteiger partial charge in [-0.05, 0) is 61.3 Å². The Kier molecular flexibility index (Phi) is 4.59. The molecule has 0 unspecified atom stereocenters. The molecule has 2 aliphatic heterocycles. The monoisotopic (exact) mass is 482 g/mol. The van der Waals surface area contributed by atoms with Crippen LogP contribution in [0.5, 0.6) is 0 Å². The Hall–Kier alpha value is -3.68. The van der Waals surface area contributed by atoms with Crippen molar-refractivity contribution in [2.24, 2.45) is 23.9 Å². The van der Waals surface area contributed by atoms with Crippen molar-refractivity contribution in [1.29, 1.82) is 0 Å². The maximum absolute atomic E-state index is 13.4. The summed E-state index contributed by atoms with van der Waals surface area (Å²) in [7, 11) is 1.90. The highest BCUT2D eigenvalue weighted by Gasteiger charge is 2.57. The summed E-state index contributed by atoms with van der Waals surface area (Å²) in [6.45, 7) is 2.19. The van der Waals surface area contributed by atoms with Crippen molar-refractivity contribution < 1.29 is 9.59 Å². The van der Waals surface area contributed by atoms with Crippen LogP contribution in [0.2, 0.25) is 0 Å². The van der Waals surface area contributed by atoms with Gasteiger partial charge >= 0.3 is 0 Å². The van der Waals surface area contributed by atoms with Gasteiger partial charge in [-0.15, -0.1) is 0 Å². The van der Waals surface area contributed by atoms with E-state index in [1.165, 1.54) is 0 Å². The van der Waals surface area contributed by atoms with Crippen molar-refractivity contribution in [3.63, 3.8) is 0 Å². The fraction of sp³-hybridized carbons (Fsp3) is 0.429. The third kappa shape index (κ3) is 3.42. The molecular formula is C28H30N6O2. The van der Waals surface area contributed by atoms with Crippen LogP contribution in [0.15, 0.2) is 47.5 Å². The van der Waals surface area contributed by atoms with Crippen LogP contribution in [0.1, 0.15) is 37.7 Å². The van der Waals surface area contributed by atoms with Gasteiger partial charge in [0.05, 0.1) is 5.52 Å². The van der Waals surface area contributed by atoms with Crippen LogP contribution in [0.3, 0.4) is 0 Å². The Morgan fingerprint density at radius 2 is 1.78 bits per heavy atom. The average Bonchev–Trinajstić information content (AvgIpc) is 3.80. The smallest absolute Gasteiger partial charge is 0.256 e. The lowest BCUT2D eigenvalue weighted by molar-refractivity contribution is -0.131. The molecule has 8 heteroatoms. The van der Waals surface area contributed by atoms with Gasteiger partial charge in [-0.1, -0.05) is 30.3 Å². The molecule has 2 amide bonds. The maximum Gasteiger partial charge on any atom is 0.256 e. The number of aromatic nitrogens is 2. The van der Waals surface area contributed by atoms with E-state index in [4.69, 9.17) is 10.7 Å². The lowest BCUT2D eigenvalue weighted by atomic mass is 10.0. The van der Waals surface area contributed by atoms with Crippen molar-refractivity contribution in [2.45, 2.75) is 37.6 Å². The molecule has 7 rings (SSSR count). The summed E-state index contributed by atoms with van der Waals surface area (Å²) in [5.41, 5.74) is 9.59. The van der Waals surface area contributed by atoms with E-state index in [-0.39, 0.29) is 11.8 Å². The largest absolute Gasteiger partial charge is 0.382 e. The Balaban J connectivity index is 1.13. The van der Waals surface area contributed by atoms with E-state index in [1.54, 1.807) is 4.68 Å². The minimum atomic E-state index is -0.541. The Morgan fingerprint density at radius 1 is 1.06 bits per heavy atom. The van der Waals surface area contributed by atoms with Gasteiger partial charge in [-0.2, -0.15) is 5.10 Å². The number of hydrogen-bond acceptors (Lipinski definition) is 5. The van der Waals surface area contributed by atoms with Crippen molar-refractivity contribution in [1.82, 2.24) is 19.6 Å². The van der Waals surface area contributed by atoms with Crippen LogP contribution in [-0.2, 0) is 16.6 Å². The minimum Gasteiger partial charge on any atom is -0.382 e. The molecule has 3 fully saturated rings. The average molecular weight is 483 g/mol. The Labute approximate surface area is 209 Å². The fourth-order valence-corrected chi connectivity index (χ4v) is 5.80. The third-order valence-electron chi connectivity index (χ3n) is 8.26. The van der Waals surface area contributed by atoms with Gasteiger partial charge in [0.25, 0.3) is 5.91 Å². The first-order valence-corrected chi connectivity index (χ1v) is 13.0. The van der Waals surface area contributed by atoms with Crippen LogP contribution in [0.25, 0.3) is 22.0 Å². The molecule has 4 aliphatic rings. The van der Waals surface area contributed by atoms with Crippen molar-refractivity contribution in [3.05, 3.63) is 48.0 Å². The molecule has 1 aromatic heterocycles. The summed E-state index contributed by atoms with van der Waals surface area (Å²) in [6, 6.07) is 14.5. The number of aryl methyl sites for hydroxylation is 1. The van der Waals surface area contributed by atoms with Gasteiger partial charge in [0.15, 0.2) is 5.82 Å². The van der Waals surface area contributed by atoms with Crippen LogP contribution in [0, 0.1) is 11.8 Å². The molecule has 1 atom stereocenters. The van der Waals surface area contributed by atoms with Gasteiger partial charge in [0.2, 0.25) is 5.91 Å². The molecule has 8 nitrogen and oxygen atoms in total. The first-order chi connectivity index (χ1) is 17.4. The predicted molar refractivity (Wildman–Crippen MR) is 138 cm³/mol. The first kappa shape index (κ1) is 21.6. The van der Waals surface area contributed by atoms with Gasteiger partial charge in [0, 0.05) is 43.5 Å². The van der Waals surface area contributed by atoms with Crippen molar-refractivity contribution >= 4 is 34.4 Å². The quantitative estimate of drug-likeness (QED) is 0.604. The highest BCUT2D eigenvalue weighted by atomic mass is 16.2. The second-order valence-corrected chi connectivity index (χ2v) is 10.9. The maximum atomic E-state index is 13.4. The fourth-order valence-electron chi connectivity index (χ4n) is 5.80. The summed E-state index contributed by atoms with van der Waals surface area (Å²) in [4.78, 5) is 34.7. The van der Waals surface area contributed by atoms with Crippen LogP contribution in [-0.4, -0.2) is 62.4 Å². The number of likely N-dealkylation sites (tertiary alicyclic amines) is 1. The zero-order chi connectivity index (χ0) is 24.6. The summed E-state index contributed by atoms with van der Waals surface area (Å²) in [5, 5.41) is 5.26. The lowest BCUT2D eigenvalue weighted by Crippen LogP contribution is -2.40. The molecular weight excluding hydrogens is 452 g/mol. The summed E-state index contributed by atoms with van der Waals surface area (Å²) in [6.07, 6.45) is 4.67. The lowest BCUT2D eigenvalue weighted by Gasteiger charge is -2.23. The van der Waals surface area contributed by atoms with Crippen LogP contribution >= 0.6 is 0 Å². The molecule has 2 saturated carbocycles. The molecule has 2 aliphatic carbocycles. The Bertz CT molecular complexity index is 1430. The molecule has 1 spiro atoms. The van der Waals surface area contributed by atoms with E-state index >= 15 is 0 Å². The molecule has 3 aromatic rings. The van der Waals surface area contributed by atoms with Gasteiger partial charge in [-0.3, -0.25) is 24.2 Å². The molecule has 0 radical (unpaired) electrons. The molecule has 2 N–H and O–H groups in total. The van der Waals surface area contributed by atoms with Crippen LogP contribution < -0.4 is 5.73 Å². The van der Waals surface area contributed by atoms with E-state index in [0.717, 1.165) is 78.6 Å². The number of nitrogens with zero attached hydrogens (tertiary/aromatic N) is 5. The van der Waals surface area contributed by atoms with E-state index in [9.17, 15) is 9.59 Å². The number of benzene rings is 2. The van der Waals surface area contributed by atoms with E-state index in [1.807, 2.05) is 22.9 Å². The first-order valence-electron chi connectivity index (χ1n) is 13.0. The number of aliphatic imine (C=N–C) groups is 1. The zero-order valence-electron chi connectivity index (χ0n) is 20.5. The minimum absolute atomic E-state index is 0.132. The number of nitrogens with two attached hydrogens (primary N) is 1. The molecule has 2 aromatic carbocycles. The third-order valence-corrected chi connectivity index (χ3v) is 8.26. The molecule has 36 heavy (non-hydrogen) atoms. The number of anilines is 1. The second-order valence-electron chi connectivity index (χ2n) is 10.9. The standard InChI is InChI=1S/C28H30N6O2/c1-32-23-14-21(8-9-22(23)24(29)31-32)18-2-4-19(5-3-18)25-30-28(11-12-28)27(36)34(25)16-17-10-13-33(15-17)26(35)20-6-7-20/h2-5,8-9,14,17,20H,6-7,10-13,15-16H2,1H3,(H2,29,31)/t17-/m1/s1. The number of amides is 2. The Morgan fingerprint density at radius 3 is 2.50 bits per heavy atom. The zero-order valence-corrected chi connectivity index (χ0v) is 20.5. The highest BCUT2D eigenvalue weighted by Crippen LogP contribution is 2.46. The summed E-state index contributed by atoms with van der Waals surface area (Å²) < 4.78 is 1.80. The summed E-state index contributed by atoms with van der Waals surface area (Å²) >= 11 is 0. The molecule has 1 saturated heterocycles. The van der Waals surface area contributed by atoms with Gasteiger partial charge < -0.3 is 10.6 Å². The predicted octanol–water partition coefficient (Wildman–Crippen LogP) is 3.20. The van der Waals surface area contributed by atoms with Crippen molar-refractivity contribution in [2.75, 3.05) is 25.4 Å². The summed E-state index contributed by atoms with van der Waals surface area (Å²) in [5.74, 6) is 2.31.